The Morgan fingerprint density at radius 3 is 2.44 bits per heavy atom. The number of benzene rings is 1. The van der Waals surface area contributed by atoms with Crippen LogP contribution in [0.4, 0.5) is 5.69 Å². The van der Waals surface area contributed by atoms with Crippen molar-refractivity contribution in [3.63, 3.8) is 0 Å². The molecule has 0 heterocycles. The fourth-order valence-electron chi connectivity index (χ4n) is 1.87. The molecule has 0 fully saturated rings. The van der Waals surface area contributed by atoms with Crippen LogP contribution in [0.15, 0.2) is 12.1 Å². The predicted molar refractivity (Wildman–Crippen MR) is 71.2 cm³/mol. The second kappa shape index (κ2) is 6.26. The number of ether oxygens (including phenoxy) is 1. The molecule has 0 amide bonds. The fourth-order valence-corrected chi connectivity index (χ4v) is 1.87. The van der Waals surface area contributed by atoms with Gasteiger partial charge >= 0.3 is 5.97 Å². The summed E-state index contributed by atoms with van der Waals surface area (Å²) in [6, 6.07) is 3.12. The number of carbonyl (C=O) groups is 1. The van der Waals surface area contributed by atoms with E-state index < -0.39 is 12.0 Å². The average Bonchev–Trinajstić information content (AvgIpc) is 2.28. The van der Waals surface area contributed by atoms with E-state index in [9.17, 15) is 4.79 Å². The molecule has 5 heteroatoms. The van der Waals surface area contributed by atoms with Crippen molar-refractivity contribution in [1.29, 1.82) is 0 Å². The van der Waals surface area contributed by atoms with E-state index in [-0.39, 0.29) is 0 Å². The third kappa shape index (κ3) is 3.63. The quantitative estimate of drug-likeness (QED) is 0.715. The van der Waals surface area contributed by atoms with Crippen molar-refractivity contribution in [3.8, 4) is 5.75 Å². The average molecular weight is 252 g/mol. The molecule has 1 aromatic carbocycles. The summed E-state index contributed by atoms with van der Waals surface area (Å²) in [5.74, 6) is -0.0957. The first-order valence-electron chi connectivity index (χ1n) is 5.83. The molecule has 0 saturated carbocycles. The second-order valence-electron chi connectivity index (χ2n) is 4.30. The largest absolute Gasteiger partial charge is 0.496 e. The zero-order valence-electron chi connectivity index (χ0n) is 11.0. The van der Waals surface area contributed by atoms with E-state index in [1.165, 1.54) is 0 Å². The van der Waals surface area contributed by atoms with E-state index in [4.69, 9.17) is 15.6 Å². The molecule has 0 aliphatic rings. The van der Waals surface area contributed by atoms with Gasteiger partial charge in [0, 0.05) is 12.2 Å². The Kier molecular flexibility index (Phi) is 4.97. The lowest BCUT2D eigenvalue weighted by Gasteiger charge is -2.13. The van der Waals surface area contributed by atoms with Gasteiger partial charge in [0.15, 0.2) is 0 Å². The number of nitrogens with one attached hydrogen (secondary N) is 1. The van der Waals surface area contributed by atoms with Gasteiger partial charge in [0.25, 0.3) is 0 Å². The number of anilines is 1. The van der Waals surface area contributed by atoms with Gasteiger partial charge in [0.05, 0.1) is 7.11 Å². The molecule has 100 valence electrons. The monoisotopic (exact) mass is 252 g/mol. The first kappa shape index (κ1) is 14.3. The number of hydrogen-bond donors (Lipinski definition) is 3. The maximum Gasteiger partial charge on any atom is 0.320 e. The first-order chi connectivity index (χ1) is 8.45. The fraction of sp³-hybridized carbons (Fsp3) is 0.462. The Morgan fingerprint density at radius 1 is 1.44 bits per heavy atom. The van der Waals surface area contributed by atoms with E-state index in [1.54, 1.807) is 7.11 Å². The van der Waals surface area contributed by atoms with Crippen LogP contribution in [0.25, 0.3) is 0 Å². The Bertz CT molecular complexity index is 409. The summed E-state index contributed by atoms with van der Waals surface area (Å²) in [6.45, 7) is 4.47. The van der Waals surface area contributed by atoms with Crippen LogP contribution in [0.3, 0.4) is 0 Å². The van der Waals surface area contributed by atoms with Crippen LogP contribution in [0, 0.1) is 13.8 Å². The summed E-state index contributed by atoms with van der Waals surface area (Å²) in [6.07, 6.45) is 0.388. The highest BCUT2D eigenvalue weighted by Gasteiger charge is 2.10. The van der Waals surface area contributed by atoms with Crippen LogP contribution >= 0.6 is 0 Å². The third-order valence-electron chi connectivity index (χ3n) is 2.77. The normalized spacial score (nSPS) is 12.0. The zero-order valence-corrected chi connectivity index (χ0v) is 11.0. The highest BCUT2D eigenvalue weighted by atomic mass is 16.5. The van der Waals surface area contributed by atoms with E-state index in [2.05, 4.69) is 5.32 Å². The van der Waals surface area contributed by atoms with Crippen molar-refractivity contribution in [1.82, 2.24) is 0 Å². The molecule has 1 rings (SSSR count). The second-order valence-corrected chi connectivity index (χ2v) is 4.30. The molecule has 0 radical (unpaired) electrons. The van der Waals surface area contributed by atoms with Crippen molar-refractivity contribution in [3.05, 3.63) is 23.3 Å². The molecule has 0 aliphatic carbocycles. The number of hydrogen-bond acceptors (Lipinski definition) is 4. The van der Waals surface area contributed by atoms with Crippen LogP contribution in [-0.4, -0.2) is 30.8 Å². The number of methoxy groups -OCH3 is 1. The van der Waals surface area contributed by atoms with Gasteiger partial charge < -0.3 is 20.9 Å². The standard InChI is InChI=1S/C13H20N2O3/c1-8-6-10(7-9(2)12(8)18-3)15-5-4-11(14)13(16)17/h6-7,11,15H,4-5,14H2,1-3H3,(H,16,17). The Labute approximate surface area is 107 Å². The number of aliphatic carboxylic acids is 1. The van der Waals surface area contributed by atoms with Crippen molar-refractivity contribution in [2.45, 2.75) is 26.3 Å². The lowest BCUT2D eigenvalue weighted by molar-refractivity contribution is -0.138. The Balaban J connectivity index is 2.61. The smallest absolute Gasteiger partial charge is 0.320 e. The van der Waals surface area contributed by atoms with Crippen LogP contribution in [0.1, 0.15) is 17.5 Å². The van der Waals surface area contributed by atoms with Gasteiger partial charge in [0.1, 0.15) is 11.8 Å². The summed E-state index contributed by atoms with van der Waals surface area (Å²) in [7, 11) is 1.65. The summed E-state index contributed by atoms with van der Waals surface area (Å²) < 4.78 is 5.28. The van der Waals surface area contributed by atoms with Gasteiger partial charge in [-0.1, -0.05) is 0 Å². The molecule has 18 heavy (non-hydrogen) atoms. The van der Waals surface area contributed by atoms with Crippen LogP contribution in [-0.2, 0) is 4.79 Å². The van der Waals surface area contributed by atoms with Crippen LogP contribution in [0.5, 0.6) is 5.75 Å². The van der Waals surface area contributed by atoms with E-state index in [0.29, 0.717) is 13.0 Å². The van der Waals surface area contributed by atoms with Gasteiger partial charge in [0.2, 0.25) is 0 Å². The SMILES string of the molecule is COc1c(C)cc(NCCC(N)C(=O)O)cc1C. The summed E-state index contributed by atoms with van der Waals surface area (Å²) in [5.41, 5.74) is 8.46. The number of rotatable bonds is 6. The highest BCUT2D eigenvalue weighted by molar-refractivity contribution is 5.73. The van der Waals surface area contributed by atoms with Gasteiger partial charge in [-0.05, 0) is 43.5 Å². The van der Waals surface area contributed by atoms with E-state index in [0.717, 1.165) is 22.6 Å². The molecule has 1 aromatic rings. The van der Waals surface area contributed by atoms with Crippen molar-refractivity contribution < 1.29 is 14.6 Å². The molecule has 1 atom stereocenters. The number of carboxylic acids is 1. The predicted octanol–water partition coefficient (Wildman–Crippen LogP) is 1.53. The third-order valence-corrected chi connectivity index (χ3v) is 2.77. The minimum Gasteiger partial charge on any atom is -0.496 e. The number of aryl methyl sites for hydroxylation is 2. The summed E-state index contributed by atoms with van der Waals surface area (Å²) >= 11 is 0. The van der Waals surface area contributed by atoms with Gasteiger partial charge in [-0.25, -0.2) is 0 Å². The molecular weight excluding hydrogens is 232 g/mol. The van der Waals surface area contributed by atoms with Crippen LogP contribution in [0.2, 0.25) is 0 Å². The number of carboxylic acid groups (broad SMARTS) is 1. The van der Waals surface area contributed by atoms with Gasteiger partial charge in [-0.2, -0.15) is 0 Å². The Hall–Kier alpha value is -1.75. The number of nitrogens with two attached hydrogens (primary N) is 1. The minimum absolute atomic E-state index is 0.388. The molecule has 0 bridgehead atoms. The van der Waals surface area contributed by atoms with E-state index in [1.807, 2.05) is 26.0 Å². The first-order valence-corrected chi connectivity index (χ1v) is 5.83. The molecule has 0 aliphatic heterocycles. The van der Waals surface area contributed by atoms with Crippen LogP contribution < -0.4 is 15.8 Å². The summed E-state index contributed by atoms with van der Waals surface area (Å²) in [5, 5.41) is 11.8. The molecule has 0 spiro atoms. The maximum atomic E-state index is 10.6. The topological polar surface area (TPSA) is 84.6 Å². The van der Waals surface area contributed by atoms with Crippen molar-refractivity contribution in [2.75, 3.05) is 19.0 Å². The molecule has 5 nitrogen and oxygen atoms in total. The molecule has 0 aromatic heterocycles. The lowest BCUT2D eigenvalue weighted by Crippen LogP contribution is -2.32. The lowest BCUT2D eigenvalue weighted by atomic mass is 10.1. The zero-order chi connectivity index (χ0) is 13.7. The highest BCUT2D eigenvalue weighted by Crippen LogP contribution is 2.26. The maximum absolute atomic E-state index is 10.6. The van der Waals surface area contributed by atoms with E-state index >= 15 is 0 Å². The molecule has 1 unspecified atom stereocenters. The minimum atomic E-state index is -0.973. The molecular formula is C13H20N2O3. The molecule has 4 N–H and O–H groups in total. The van der Waals surface area contributed by atoms with Gasteiger partial charge in [-0.15, -0.1) is 0 Å². The van der Waals surface area contributed by atoms with Crippen molar-refractivity contribution >= 4 is 11.7 Å². The molecule has 0 saturated heterocycles. The van der Waals surface area contributed by atoms with Gasteiger partial charge in [-0.3, -0.25) is 4.79 Å². The summed E-state index contributed by atoms with van der Waals surface area (Å²) in [4.78, 5) is 10.6. The van der Waals surface area contributed by atoms with Crippen molar-refractivity contribution in [2.24, 2.45) is 5.73 Å². The Morgan fingerprint density at radius 2 is 2.00 bits per heavy atom.